The van der Waals surface area contributed by atoms with E-state index in [1.165, 1.54) is 17.4 Å². The van der Waals surface area contributed by atoms with Crippen LogP contribution in [0.5, 0.6) is 5.75 Å². The van der Waals surface area contributed by atoms with E-state index in [0.717, 1.165) is 17.0 Å². The number of benzene rings is 2. The highest BCUT2D eigenvalue weighted by Gasteiger charge is 2.20. The number of ether oxygens (including phenoxy) is 1. The molecule has 2 aromatic carbocycles. The number of aromatic nitrogens is 1. The van der Waals surface area contributed by atoms with E-state index < -0.39 is 11.7 Å². The van der Waals surface area contributed by atoms with Crippen LogP contribution in [0.4, 0.5) is 9.52 Å². The van der Waals surface area contributed by atoms with E-state index >= 15 is 0 Å². The van der Waals surface area contributed by atoms with Crippen molar-refractivity contribution >= 4 is 33.3 Å². The quantitative estimate of drug-likeness (QED) is 0.523. The van der Waals surface area contributed by atoms with Crippen LogP contribution in [0.15, 0.2) is 52.3 Å². The molecule has 1 N–H and O–H groups in total. The molecule has 0 saturated heterocycles. The number of halogens is 1. The lowest BCUT2D eigenvalue weighted by Gasteiger charge is -2.01. The number of carbonyl (C=O) groups excluding carboxylic acids is 1. The summed E-state index contributed by atoms with van der Waals surface area (Å²) in [6.45, 7) is 1.73. The summed E-state index contributed by atoms with van der Waals surface area (Å²) >= 11 is 1.30. The molecule has 2 aromatic heterocycles. The van der Waals surface area contributed by atoms with Gasteiger partial charge < -0.3 is 9.15 Å². The second-order valence-electron chi connectivity index (χ2n) is 5.89. The summed E-state index contributed by atoms with van der Waals surface area (Å²) in [5.74, 6) is -0.115. The number of methoxy groups -OCH3 is 1. The van der Waals surface area contributed by atoms with Gasteiger partial charge in [-0.2, -0.15) is 0 Å². The van der Waals surface area contributed by atoms with Crippen LogP contribution in [0.2, 0.25) is 0 Å². The second-order valence-corrected chi connectivity index (χ2v) is 6.75. The number of hydrogen-bond donors (Lipinski definition) is 1. The zero-order valence-corrected chi connectivity index (χ0v) is 15.4. The van der Waals surface area contributed by atoms with E-state index in [1.807, 2.05) is 29.6 Å². The SMILES string of the molecule is COc1ccc(-c2csc(NC(=O)c3oc4c(F)cccc4c3C)n2)cc1. The molecule has 0 saturated carbocycles. The summed E-state index contributed by atoms with van der Waals surface area (Å²) in [5, 5.41) is 5.59. The number of amides is 1. The Morgan fingerprint density at radius 2 is 2.00 bits per heavy atom. The number of carbonyl (C=O) groups is 1. The zero-order valence-electron chi connectivity index (χ0n) is 14.6. The van der Waals surface area contributed by atoms with Gasteiger partial charge in [-0.15, -0.1) is 11.3 Å². The molecular weight excluding hydrogens is 367 g/mol. The molecule has 0 unspecified atom stereocenters. The first-order chi connectivity index (χ1) is 13.1. The molecule has 4 rings (SSSR count). The Morgan fingerprint density at radius 3 is 2.70 bits per heavy atom. The number of nitrogens with zero attached hydrogens (tertiary/aromatic N) is 1. The second kappa shape index (κ2) is 6.85. The Bertz CT molecular complexity index is 1130. The lowest BCUT2D eigenvalue weighted by molar-refractivity contribution is 0.0997. The van der Waals surface area contributed by atoms with E-state index in [9.17, 15) is 9.18 Å². The van der Waals surface area contributed by atoms with Crippen molar-refractivity contribution in [3.8, 4) is 17.0 Å². The van der Waals surface area contributed by atoms with Crippen LogP contribution < -0.4 is 10.1 Å². The Hall–Kier alpha value is -3.19. The fraction of sp³-hybridized carbons (Fsp3) is 0.100. The van der Waals surface area contributed by atoms with Crippen LogP contribution >= 0.6 is 11.3 Å². The highest BCUT2D eigenvalue weighted by Crippen LogP contribution is 2.30. The summed E-state index contributed by atoms with van der Waals surface area (Å²) in [6.07, 6.45) is 0. The largest absolute Gasteiger partial charge is 0.497 e. The number of rotatable bonds is 4. The highest BCUT2D eigenvalue weighted by atomic mass is 32.1. The Labute approximate surface area is 158 Å². The minimum atomic E-state index is -0.495. The van der Waals surface area contributed by atoms with Gasteiger partial charge in [0.05, 0.1) is 12.8 Å². The Morgan fingerprint density at radius 1 is 1.22 bits per heavy atom. The van der Waals surface area contributed by atoms with Gasteiger partial charge in [0.2, 0.25) is 0 Å². The van der Waals surface area contributed by atoms with Crippen molar-refractivity contribution in [2.45, 2.75) is 6.92 Å². The number of aryl methyl sites for hydroxylation is 1. The van der Waals surface area contributed by atoms with E-state index in [2.05, 4.69) is 10.3 Å². The summed E-state index contributed by atoms with van der Waals surface area (Å²) in [6, 6.07) is 12.1. The van der Waals surface area contributed by atoms with Gasteiger partial charge in [0, 0.05) is 21.9 Å². The first-order valence-electron chi connectivity index (χ1n) is 8.15. The van der Waals surface area contributed by atoms with Crippen molar-refractivity contribution in [2.75, 3.05) is 12.4 Å². The maximum absolute atomic E-state index is 13.9. The molecule has 7 heteroatoms. The lowest BCUT2D eigenvalue weighted by Crippen LogP contribution is -2.11. The molecule has 1 amide bonds. The number of thiazole rings is 1. The Kier molecular flexibility index (Phi) is 4.37. The molecule has 0 aliphatic rings. The summed E-state index contributed by atoms with van der Waals surface area (Å²) in [4.78, 5) is 17.0. The molecule has 2 heterocycles. The van der Waals surface area contributed by atoms with Crippen molar-refractivity contribution < 1.29 is 18.3 Å². The number of nitrogens with one attached hydrogen (secondary N) is 1. The monoisotopic (exact) mass is 382 g/mol. The normalized spacial score (nSPS) is 10.9. The minimum absolute atomic E-state index is 0.0799. The molecule has 27 heavy (non-hydrogen) atoms. The van der Waals surface area contributed by atoms with Gasteiger partial charge in [0.1, 0.15) is 5.75 Å². The van der Waals surface area contributed by atoms with Crippen molar-refractivity contribution in [3.63, 3.8) is 0 Å². The molecule has 0 radical (unpaired) electrons. The third-order valence-corrected chi connectivity index (χ3v) is 4.99. The van der Waals surface area contributed by atoms with E-state index in [0.29, 0.717) is 16.1 Å². The number of hydrogen-bond acceptors (Lipinski definition) is 5. The molecule has 0 fully saturated rings. The molecule has 5 nitrogen and oxygen atoms in total. The van der Waals surface area contributed by atoms with Gasteiger partial charge >= 0.3 is 0 Å². The van der Waals surface area contributed by atoms with E-state index in [-0.39, 0.29) is 11.3 Å². The van der Waals surface area contributed by atoms with Crippen molar-refractivity contribution in [3.05, 3.63) is 65.0 Å². The van der Waals surface area contributed by atoms with Gasteiger partial charge in [-0.3, -0.25) is 10.1 Å². The van der Waals surface area contributed by atoms with Gasteiger partial charge in [-0.1, -0.05) is 12.1 Å². The standard InChI is InChI=1S/C20H15FN2O3S/c1-11-14-4-3-5-15(21)18(14)26-17(11)19(24)23-20-22-16(10-27-20)12-6-8-13(25-2)9-7-12/h3-10H,1-2H3,(H,22,23,24). The molecule has 4 aromatic rings. The van der Waals surface area contributed by atoms with Gasteiger partial charge in [-0.25, -0.2) is 9.37 Å². The molecule has 136 valence electrons. The maximum atomic E-state index is 13.9. The number of furan rings is 1. The Balaban J connectivity index is 1.58. The average molecular weight is 382 g/mol. The molecule has 0 bridgehead atoms. The lowest BCUT2D eigenvalue weighted by atomic mass is 10.1. The van der Waals surface area contributed by atoms with Crippen LogP contribution in [-0.2, 0) is 0 Å². The van der Waals surface area contributed by atoms with Crippen molar-refractivity contribution in [2.24, 2.45) is 0 Å². The fourth-order valence-corrected chi connectivity index (χ4v) is 3.52. The average Bonchev–Trinajstić information content (AvgIpc) is 3.28. The predicted octanol–water partition coefficient (Wildman–Crippen LogP) is 5.26. The van der Waals surface area contributed by atoms with E-state index in [1.54, 1.807) is 26.2 Å². The fourth-order valence-electron chi connectivity index (χ4n) is 2.80. The first-order valence-corrected chi connectivity index (χ1v) is 9.03. The zero-order chi connectivity index (χ0) is 19.0. The topological polar surface area (TPSA) is 64.4 Å². The maximum Gasteiger partial charge on any atom is 0.293 e. The van der Waals surface area contributed by atoms with Crippen LogP contribution in [-0.4, -0.2) is 18.0 Å². The molecule has 0 aliphatic carbocycles. The minimum Gasteiger partial charge on any atom is -0.497 e. The number of anilines is 1. The smallest absolute Gasteiger partial charge is 0.293 e. The van der Waals surface area contributed by atoms with Crippen molar-refractivity contribution in [1.29, 1.82) is 0 Å². The number of fused-ring (bicyclic) bond motifs is 1. The van der Waals surface area contributed by atoms with Crippen LogP contribution in [0, 0.1) is 12.7 Å². The predicted molar refractivity (Wildman–Crippen MR) is 103 cm³/mol. The van der Waals surface area contributed by atoms with Gasteiger partial charge in [-0.05, 0) is 37.3 Å². The van der Waals surface area contributed by atoms with Gasteiger partial charge in [0.15, 0.2) is 22.3 Å². The van der Waals surface area contributed by atoms with Crippen LogP contribution in [0.3, 0.4) is 0 Å². The van der Waals surface area contributed by atoms with Crippen LogP contribution in [0.1, 0.15) is 16.1 Å². The van der Waals surface area contributed by atoms with Crippen molar-refractivity contribution in [1.82, 2.24) is 4.98 Å². The van der Waals surface area contributed by atoms with E-state index in [4.69, 9.17) is 9.15 Å². The van der Waals surface area contributed by atoms with Gasteiger partial charge in [0.25, 0.3) is 5.91 Å². The summed E-state index contributed by atoms with van der Waals surface area (Å²) in [5.41, 5.74) is 2.33. The molecule has 0 spiro atoms. The summed E-state index contributed by atoms with van der Waals surface area (Å²) < 4.78 is 24.5. The molecular formula is C20H15FN2O3S. The molecule has 0 aliphatic heterocycles. The van der Waals surface area contributed by atoms with Crippen LogP contribution in [0.25, 0.3) is 22.2 Å². The third kappa shape index (κ3) is 3.17. The third-order valence-electron chi connectivity index (χ3n) is 4.23. The summed E-state index contributed by atoms with van der Waals surface area (Å²) in [7, 11) is 1.61. The molecule has 0 atom stereocenters. The number of para-hydroxylation sites is 1. The first kappa shape index (κ1) is 17.2. The highest BCUT2D eigenvalue weighted by molar-refractivity contribution is 7.14.